The van der Waals surface area contributed by atoms with E-state index in [9.17, 15) is 8.78 Å². The maximum Gasteiger partial charge on any atom is 0.257 e. The quantitative estimate of drug-likeness (QED) is 0.407. The lowest BCUT2D eigenvalue weighted by Gasteiger charge is -2.10. The fraction of sp³-hybridized carbons (Fsp3) is 1.00. The van der Waals surface area contributed by atoms with Gasteiger partial charge in [0.25, 0.3) is 6.43 Å². The summed E-state index contributed by atoms with van der Waals surface area (Å²) in [4.78, 5) is 0. The second-order valence-electron chi connectivity index (χ2n) is 2.10. The van der Waals surface area contributed by atoms with Gasteiger partial charge in [-0.15, -0.1) is 0 Å². The third-order valence-electron chi connectivity index (χ3n) is 1.49. The zero-order valence-corrected chi connectivity index (χ0v) is 4.32. The van der Waals surface area contributed by atoms with Crippen LogP contribution in [-0.4, -0.2) is 12.0 Å². The molecule has 0 aromatic carbocycles. The van der Waals surface area contributed by atoms with Crippen molar-refractivity contribution in [2.75, 3.05) is 0 Å². The second kappa shape index (κ2) is 1.63. The van der Waals surface area contributed by atoms with Gasteiger partial charge in [0.15, 0.2) is 0 Å². The van der Waals surface area contributed by atoms with E-state index in [1.165, 1.54) is 0 Å². The monoisotopic (exact) mass is 122 g/mol. The van der Waals surface area contributed by atoms with Crippen molar-refractivity contribution >= 4 is 0 Å². The van der Waals surface area contributed by atoms with Crippen LogP contribution in [0.1, 0.15) is 12.8 Å². The first kappa shape index (κ1) is 5.91. The number of rotatable bonds is 2. The Morgan fingerprint density at radius 3 is 2.00 bits per heavy atom. The Hall–Kier alpha value is -0.220. The van der Waals surface area contributed by atoms with Gasteiger partial charge in [-0.3, -0.25) is 5.84 Å². The lowest BCUT2D eigenvalue weighted by molar-refractivity contribution is 0.0860. The van der Waals surface area contributed by atoms with Crippen LogP contribution >= 0.6 is 0 Å². The normalized spacial score (nSPS) is 24.0. The van der Waals surface area contributed by atoms with E-state index in [1.807, 2.05) is 0 Å². The zero-order chi connectivity index (χ0) is 6.20. The van der Waals surface area contributed by atoms with Crippen molar-refractivity contribution in [3.8, 4) is 0 Å². The molecule has 0 spiro atoms. The summed E-state index contributed by atoms with van der Waals surface area (Å²) in [7, 11) is 0. The molecule has 0 bridgehead atoms. The average Bonchev–Trinajstić information content (AvgIpc) is 2.44. The van der Waals surface area contributed by atoms with Crippen LogP contribution in [0.25, 0.3) is 0 Å². The lowest BCUT2D eigenvalue weighted by atomic mass is 10.3. The summed E-state index contributed by atoms with van der Waals surface area (Å²) in [6.45, 7) is 0. The van der Waals surface area contributed by atoms with E-state index in [-0.39, 0.29) is 0 Å². The Morgan fingerprint density at radius 2 is 2.00 bits per heavy atom. The predicted molar refractivity (Wildman–Crippen MR) is 25.3 cm³/mol. The number of hydrazine groups is 1. The van der Waals surface area contributed by atoms with Crippen molar-refractivity contribution in [3.63, 3.8) is 0 Å². The predicted octanol–water partition coefficient (Wildman–Crippen LogP) is 0.247. The van der Waals surface area contributed by atoms with E-state index in [0.717, 1.165) is 0 Å². The van der Waals surface area contributed by atoms with Gasteiger partial charge in [-0.05, 0) is 12.8 Å². The molecule has 3 N–H and O–H groups in total. The fourth-order valence-corrected chi connectivity index (χ4v) is 0.560. The van der Waals surface area contributed by atoms with Gasteiger partial charge in [0.1, 0.15) is 0 Å². The van der Waals surface area contributed by atoms with Crippen molar-refractivity contribution < 1.29 is 8.78 Å². The number of nitrogens with two attached hydrogens (primary N) is 1. The SMILES string of the molecule is NNC1(C(F)F)CC1. The van der Waals surface area contributed by atoms with Crippen molar-refractivity contribution in [2.24, 2.45) is 5.84 Å². The molecule has 0 aliphatic heterocycles. The first-order valence-corrected chi connectivity index (χ1v) is 2.47. The highest BCUT2D eigenvalue weighted by molar-refractivity contribution is 5.02. The van der Waals surface area contributed by atoms with Crippen molar-refractivity contribution in [1.29, 1.82) is 0 Å². The Bertz CT molecular complexity index is 90.0. The molecule has 1 aliphatic carbocycles. The lowest BCUT2D eigenvalue weighted by Crippen LogP contribution is -2.42. The number of halogens is 2. The third kappa shape index (κ3) is 0.695. The van der Waals surface area contributed by atoms with Crippen LogP contribution in [0.2, 0.25) is 0 Å². The van der Waals surface area contributed by atoms with Gasteiger partial charge in [-0.25, -0.2) is 14.2 Å². The summed E-state index contributed by atoms with van der Waals surface area (Å²) in [5.74, 6) is 4.84. The van der Waals surface area contributed by atoms with Crippen LogP contribution in [0, 0.1) is 0 Å². The largest absolute Gasteiger partial charge is 0.271 e. The molecule has 0 aromatic rings. The van der Waals surface area contributed by atoms with Crippen molar-refractivity contribution in [2.45, 2.75) is 24.8 Å². The molecule has 0 amide bonds. The van der Waals surface area contributed by atoms with Crippen LogP contribution in [0.15, 0.2) is 0 Å². The molecule has 0 aromatic heterocycles. The highest BCUT2D eigenvalue weighted by Gasteiger charge is 2.50. The first-order valence-electron chi connectivity index (χ1n) is 2.47. The first-order chi connectivity index (χ1) is 3.71. The topological polar surface area (TPSA) is 38.0 Å². The summed E-state index contributed by atoms with van der Waals surface area (Å²) < 4.78 is 23.5. The van der Waals surface area contributed by atoms with E-state index in [1.54, 1.807) is 0 Å². The van der Waals surface area contributed by atoms with Gasteiger partial charge in [0.05, 0.1) is 5.54 Å². The van der Waals surface area contributed by atoms with Crippen LogP contribution in [-0.2, 0) is 0 Å². The minimum absolute atomic E-state index is 0.501. The molecule has 0 atom stereocenters. The van der Waals surface area contributed by atoms with Crippen LogP contribution in [0.3, 0.4) is 0 Å². The van der Waals surface area contributed by atoms with Gasteiger partial charge in [0, 0.05) is 0 Å². The minimum atomic E-state index is -2.31. The number of nitrogens with one attached hydrogen (secondary N) is 1. The molecule has 4 heteroatoms. The maximum atomic E-state index is 11.7. The van der Waals surface area contributed by atoms with E-state index >= 15 is 0 Å². The van der Waals surface area contributed by atoms with Crippen LogP contribution in [0.5, 0.6) is 0 Å². The number of hydrogen-bond acceptors (Lipinski definition) is 2. The summed E-state index contributed by atoms with van der Waals surface area (Å²) in [5.41, 5.74) is 1.09. The molecule has 1 aliphatic rings. The summed E-state index contributed by atoms with van der Waals surface area (Å²) >= 11 is 0. The van der Waals surface area contributed by atoms with Gasteiger partial charge in [-0.2, -0.15) is 0 Å². The smallest absolute Gasteiger partial charge is 0.257 e. The Morgan fingerprint density at radius 1 is 1.50 bits per heavy atom. The molecule has 48 valence electrons. The molecular formula is C4H8F2N2. The maximum absolute atomic E-state index is 11.7. The highest BCUT2D eigenvalue weighted by Crippen LogP contribution is 2.39. The standard InChI is InChI=1S/C4H8F2N2/c5-3(6)4(8-7)1-2-4/h3,8H,1-2,7H2. The summed E-state index contributed by atoms with van der Waals surface area (Å²) in [5, 5.41) is 0. The summed E-state index contributed by atoms with van der Waals surface area (Å²) in [6.07, 6.45) is -1.31. The van der Waals surface area contributed by atoms with E-state index in [0.29, 0.717) is 12.8 Å². The molecule has 0 unspecified atom stereocenters. The average molecular weight is 122 g/mol. The van der Waals surface area contributed by atoms with Crippen molar-refractivity contribution in [3.05, 3.63) is 0 Å². The fourth-order valence-electron chi connectivity index (χ4n) is 0.560. The van der Waals surface area contributed by atoms with Gasteiger partial charge >= 0.3 is 0 Å². The van der Waals surface area contributed by atoms with Crippen LogP contribution < -0.4 is 11.3 Å². The highest BCUT2D eigenvalue weighted by atomic mass is 19.3. The zero-order valence-electron chi connectivity index (χ0n) is 4.32. The number of alkyl halides is 2. The molecule has 1 fully saturated rings. The molecule has 0 radical (unpaired) electrons. The molecule has 0 heterocycles. The van der Waals surface area contributed by atoms with E-state index in [2.05, 4.69) is 5.43 Å². The van der Waals surface area contributed by atoms with Crippen molar-refractivity contribution in [1.82, 2.24) is 5.43 Å². The Kier molecular flexibility index (Phi) is 1.21. The molecule has 1 rings (SSSR count). The third-order valence-corrected chi connectivity index (χ3v) is 1.49. The van der Waals surface area contributed by atoms with Gasteiger partial charge < -0.3 is 0 Å². The Balaban J connectivity index is 2.41. The Labute approximate surface area is 46.0 Å². The second-order valence-corrected chi connectivity index (χ2v) is 2.10. The molecule has 8 heavy (non-hydrogen) atoms. The van der Waals surface area contributed by atoms with E-state index in [4.69, 9.17) is 5.84 Å². The van der Waals surface area contributed by atoms with E-state index < -0.39 is 12.0 Å². The molecule has 1 saturated carbocycles. The molecule has 0 saturated heterocycles. The number of hydrogen-bond donors (Lipinski definition) is 2. The molecular weight excluding hydrogens is 114 g/mol. The molecule has 2 nitrogen and oxygen atoms in total. The summed E-state index contributed by atoms with van der Waals surface area (Å²) in [6, 6.07) is 0. The van der Waals surface area contributed by atoms with Gasteiger partial charge in [0.2, 0.25) is 0 Å². The van der Waals surface area contributed by atoms with Crippen LogP contribution in [0.4, 0.5) is 8.78 Å². The minimum Gasteiger partial charge on any atom is -0.271 e. The van der Waals surface area contributed by atoms with Gasteiger partial charge in [-0.1, -0.05) is 0 Å².